The highest BCUT2D eigenvalue weighted by Gasteiger charge is 2.28. The first-order valence-electron chi connectivity index (χ1n) is 6.92. The van der Waals surface area contributed by atoms with E-state index in [0.717, 1.165) is 19.4 Å². The van der Waals surface area contributed by atoms with Gasteiger partial charge in [-0.3, -0.25) is 4.79 Å². The van der Waals surface area contributed by atoms with Crippen molar-refractivity contribution in [2.45, 2.75) is 18.9 Å². The molecule has 3 heteroatoms. The van der Waals surface area contributed by atoms with Crippen molar-refractivity contribution < 1.29 is 9.21 Å². The first kappa shape index (κ1) is 12.7. The summed E-state index contributed by atoms with van der Waals surface area (Å²) in [5.74, 6) is 0.751. The molecule has 0 bridgehead atoms. The summed E-state index contributed by atoms with van der Waals surface area (Å²) in [4.78, 5) is 14.3. The van der Waals surface area contributed by atoms with Crippen LogP contribution in [0.3, 0.4) is 0 Å². The van der Waals surface area contributed by atoms with Gasteiger partial charge in [0.25, 0.3) is 0 Å². The fraction of sp³-hybridized carbons (Fsp3) is 0.235. The summed E-state index contributed by atoms with van der Waals surface area (Å²) in [6.45, 7) is 0.820. The van der Waals surface area contributed by atoms with Gasteiger partial charge >= 0.3 is 0 Å². The molecule has 0 N–H and O–H groups in total. The van der Waals surface area contributed by atoms with Gasteiger partial charge < -0.3 is 9.32 Å². The normalized spacial score (nSPS) is 18.8. The second kappa shape index (κ2) is 5.78. The lowest BCUT2D eigenvalue weighted by molar-refractivity contribution is -0.126. The Labute approximate surface area is 118 Å². The molecule has 0 radical (unpaired) electrons. The third kappa shape index (κ3) is 2.67. The smallest absolute Gasteiger partial charge is 0.247 e. The SMILES string of the molecule is O=C(/C=C/c1ccco1)N1CCCC1c1ccccc1. The van der Waals surface area contributed by atoms with E-state index >= 15 is 0 Å². The molecule has 0 saturated carbocycles. The van der Waals surface area contributed by atoms with Crippen LogP contribution in [0.5, 0.6) is 0 Å². The van der Waals surface area contributed by atoms with E-state index in [0.29, 0.717) is 5.76 Å². The Balaban J connectivity index is 1.74. The second-order valence-corrected chi connectivity index (χ2v) is 4.95. The number of benzene rings is 1. The highest BCUT2D eigenvalue weighted by atomic mass is 16.3. The molecule has 1 amide bonds. The van der Waals surface area contributed by atoms with E-state index < -0.39 is 0 Å². The predicted octanol–water partition coefficient (Wildman–Crippen LogP) is 3.66. The van der Waals surface area contributed by atoms with Gasteiger partial charge in [-0.1, -0.05) is 30.3 Å². The monoisotopic (exact) mass is 267 g/mol. The third-order valence-electron chi connectivity index (χ3n) is 3.65. The molecular formula is C17H17NO2. The largest absolute Gasteiger partial charge is 0.465 e. The lowest BCUT2D eigenvalue weighted by Crippen LogP contribution is -2.28. The van der Waals surface area contributed by atoms with Crippen molar-refractivity contribution >= 4 is 12.0 Å². The van der Waals surface area contributed by atoms with Crippen LogP contribution in [0.2, 0.25) is 0 Å². The van der Waals surface area contributed by atoms with Gasteiger partial charge in [-0.15, -0.1) is 0 Å². The fourth-order valence-electron chi connectivity index (χ4n) is 2.69. The lowest BCUT2D eigenvalue weighted by atomic mass is 10.0. The van der Waals surface area contributed by atoms with Crippen LogP contribution < -0.4 is 0 Å². The van der Waals surface area contributed by atoms with Crippen LogP contribution in [-0.2, 0) is 4.79 Å². The van der Waals surface area contributed by atoms with Gasteiger partial charge in [-0.2, -0.15) is 0 Å². The van der Waals surface area contributed by atoms with Gasteiger partial charge in [-0.05, 0) is 36.6 Å². The minimum atomic E-state index is 0.0488. The second-order valence-electron chi connectivity index (χ2n) is 4.95. The van der Waals surface area contributed by atoms with E-state index in [1.54, 1.807) is 18.4 Å². The summed E-state index contributed by atoms with van der Waals surface area (Å²) in [6, 6.07) is 14.1. The molecule has 2 aromatic rings. The Morgan fingerprint density at radius 2 is 2.05 bits per heavy atom. The van der Waals surface area contributed by atoms with Gasteiger partial charge in [0.15, 0.2) is 0 Å². The summed E-state index contributed by atoms with van der Waals surface area (Å²) in [6.07, 6.45) is 7.01. The quantitative estimate of drug-likeness (QED) is 0.795. The molecule has 0 aliphatic carbocycles. The molecule has 3 rings (SSSR count). The average molecular weight is 267 g/mol. The number of furan rings is 1. The number of rotatable bonds is 3. The maximum Gasteiger partial charge on any atom is 0.247 e. The number of hydrogen-bond donors (Lipinski definition) is 0. The van der Waals surface area contributed by atoms with Crippen molar-refractivity contribution in [3.63, 3.8) is 0 Å². The van der Waals surface area contributed by atoms with E-state index in [4.69, 9.17) is 4.42 Å². The van der Waals surface area contributed by atoms with Crippen molar-refractivity contribution in [3.8, 4) is 0 Å². The highest BCUT2D eigenvalue weighted by molar-refractivity contribution is 5.91. The van der Waals surface area contributed by atoms with Crippen molar-refractivity contribution in [1.29, 1.82) is 0 Å². The van der Waals surface area contributed by atoms with Gasteiger partial charge in [0.05, 0.1) is 12.3 Å². The molecule has 20 heavy (non-hydrogen) atoms. The zero-order valence-corrected chi connectivity index (χ0v) is 11.2. The van der Waals surface area contributed by atoms with Crippen LogP contribution in [0.15, 0.2) is 59.2 Å². The zero-order valence-electron chi connectivity index (χ0n) is 11.2. The molecule has 1 aromatic heterocycles. The summed E-state index contributed by atoms with van der Waals surface area (Å²) in [5.41, 5.74) is 1.21. The van der Waals surface area contributed by atoms with Crippen LogP contribution in [0.1, 0.15) is 30.2 Å². The number of amides is 1. The molecule has 1 unspecified atom stereocenters. The molecular weight excluding hydrogens is 250 g/mol. The van der Waals surface area contributed by atoms with Crippen LogP contribution in [0.25, 0.3) is 6.08 Å². The molecule has 2 heterocycles. The van der Waals surface area contributed by atoms with Crippen molar-refractivity contribution in [2.75, 3.05) is 6.54 Å². The standard InChI is InChI=1S/C17H17NO2/c19-17(11-10-15-8-5-13-20-15)18-12-4-9-16(18)14-6-2-1-3-7-14/h1-3,5-8,10-11,13,16H,4,9,12H2/b11-10+. The van der Waals surface area contributed by atoms with Crippen LogP contribution >= 0.6 is 0 Å². The number of carbonyl (C=O) groups excluding carboxylic acids is 1. The maximum absolute atomic E-state index is 12.3. The van der Waals surface area contributed by atoms with Gasteiger partial charge in [0.2, 0.25) is 5.91 Å². The molecule has 1 atom stereocenters. The van der Waals surface area contributed by atoms with E-state index in [-0.39, 0.29) is 11.9 Å². The van der Waals surface area contributed by atoms with Crippen molar-refractivity contribution in [1.82, 2.24) is 4.90 Å². The maximum atomic E-state index is 12.3. The Kier molecular flexibility index (Phi) is 3.68. The third-order valence-corrected chi connectivity index (χ3v) is 3.65. The number of carbonyl (C=O) groups is 1. The minimum Gasteiger partial charge on any atom is -0.465 e. The average Bonchev–Trinajstić information content (AvgIpc) is 3.17. The summed E-state index contributed by atoms with van der Waals surface area (Å²) in [7, 11) is 0. The molecule has 1 saturated heterocycles. The first-order valence-corrected chi connectivity index (χ1v) is 6.92. The Hall–Kier alpha value is -2.29. The van der Waals surface area contributed by atoms with Crippen LogP contribution in [0, 0.1) is 0 Å². The van der Waals surface area contributed by atoms with Gasteiger partial charge in [0.1, 0.15) is 5.76 Å². The predicted molar refractivity (Wildman–Crippen MR) is 77.9 cm³/mol. The van der Waals surface area contributed by atoms with E-state index in [2.05, 4.69) is 12.1 Å². The van der Waals surface area contributed by atoms with Crippen molar-refractivity contribution in [3.05, 3.63) is 66.1 Å². The number of hydrogen-bond acceptors (Lipinski definition) is 2. The lowest BCUT2D eigenvalue weighted by Gasteiger charge is -2.23. The molecule has 3 nitrogen and oxygen atoms in total. The summed E-state index contributed by atoms with van der Waals surface area (Å²) >= 11 is 0. The zero-order chi connectivity index (χ0) is 13.8. The molecule has 0 spiro atoms. The highest BCUT2D eigenvalue weighted by Crippen LogP contribution is 2.31. The van der Waals surface area contributed by atoms with Crippen LogP contribution in [0.4, 0.5) is 0 Å². The van der Waals surface area contributed by atoms with E-state index in [9.17, 15) is 4.79 Å². The molecule has 1 fully saturated rings. The minimum absolute atomic E-state index is 0.0488. The van der Waals surface area contributed by atoms with Gasteiger partial charge in [-0.25, -0.2) is 0 Å². The fourth-order valence-corrected chi connectivity index (χ4v) is 2.69. The van der Waals surface area contributed by atoms with E-state index in [1.807, 2.05) is 35.2 Å². The molecule has 1 aliphatic heterocycles. The summed E-state index contributed by atoms with van der Waals surface area (Å²) < 4.78 is 5.20. The topological polar surface area (TPSA) is 33.5 Å². The molecule has 102 valence electrons. The number of likely N-dealkylation sites (tertiary alicyclic amines) is 1. The molecule has 1 aliphatic rings. The Morgan fingerprint density at radius 3 is 2.80 bits per heavy atom. The van der Waals surface area contributed by atoms with Crippen LogP contribution in [-0.4, -0.2) is 17.4 Å². The Bertz CT molecular complexity index is 587. The Morgan fingerprint density at radius 1 is 1.20 bits per heavy atom. The summed E-state index contributed by atoms with van der Waals surface area (Å²) in [5, 5.41) is 0. The van der Waals surface area contributed by atoms with Crippen molar-refractivity contribution in [2.24, 2.45) is 0 Å². The van der Waals surface area contributed by atoms with E-state index in [1.165, 1.54) is 5.56 Å². The first-order chi connectivity index (χ1) is 9.84. The molecule has 1 aromatic carbocycles. The van der Waals surface area contributed by atoms with Gasteiger partial charge in [0, 0.05) is 12.6 Å². The number of nitrogens with zero attached hydrogens (tertiary/aromatic N) is 1.